The third kappa shape index (κ3) is 4.58. The molecule has 0 bridgehead atoms. The third-order valence-corrected chi connectivity index (χ3v) is 3.66. The average Bonchev–Trinajstić information content (AvgIpc) is 2.44. The zero-order valence-electron chi connectivity index (χ0n) is 12.2. The molecular weight excluding hydrogens is 251 g/mol. The molecule has 0 unspecified atom stereocenters. The molecular formula is C17H23FN2. The molecule has 1 aliphatic rings. The number of allylic oxidation sites excluding steroid dienone is 2. The van der Waals surface area contributed by atoms with E-state index in [9.17, 15) is 4.39 Å². The Morgan fingerprint density at radius 1 is 1.15 bits per heavy atom. The highest BCUT2D eigenvalue weighted by atomic mass is 19.1. The Morgan fingerprint density at radius 2 is 1.75 bits per heavy atom. The van der Waals surface area contributed by atoms with Crippen molar-refractivity contribution in [1.82, 2.24) is 9.80 Å². The van der Waals surface area contributed by atoms with Crippen molar-refractivity contribution in [2.75, 3.05) is 32.7 Å². The molecule has 3 heteroatoms. The van der Waals surface area contributed by atoms with Crippen LogP contribution in [0.3, 0.4) is 0 Å². The Labute approximate surface area is 121 Å². The van der Waals surface area contributed by atoms with Gasteiger partial charge in [-0.1, -0.05) is 36.4 Å². The molecule has 0 radical (unpaired) electrons. The van der Waals surface area contributed by atoms with Crippen LogP contribution in [0, 0.1) is 5.82 Å². The maximum Gasteiger partial charge on any atom is 0.123 e. The van der Waals surface area contributed by atoms with Crippen molar-refractivity contribution < 1.29 is 4.39 Å². The highest BCUT2D eigenvalue weighted by Crippen LogP contribution is 2.10. The van der Waals surface area contributed by atoms with Crippen molar-refractivity contribution in [3.8, 4) is 0 Å². The lowest BCUT2D eigenvalue weighted by molar-refractivity contribution is 0.135. The number of piperazine rings is 1. The van der Waals surface area contributed by atoms with Crippen LogP contribution in [-0.4, -0.2) is 42.5 Å². The zero-order valence-corrected chi connectivity index (χ0v) is 12.2. The summed E-state index contributed by atoms with van der Waals surface area (Å²) in [5.41, 5.74) is 2.54. The highest BCUT2D eigenvalue weighted by molar-refractivity contribution is 5.16. The minimum atomic E-state index is -0.164. The quantitative estimate of drug-likeness (QED) is 0.761. The fourth-order valence-electron chi connectivity index (χ4n) is 2.56. The molecule has 2 nitrogen and oxygen atoms in total. The molecule has 0 aliphatic carbocycles. The van der Waals surface area contributed by atoms with Gasteiger partial charge < -0.3 is 0 Å². The van der Waals surface area contributed by atoms with E-state index in [1.807, 2.05) is 18.2 Å². The minimum absolute atomic E-state index is 0.164. The number of halogens is 1. The van der Waals surface area contributed by atoms with Gasteiger partial charge in [-0.2, -0.15) is 0 Å². The third-order valence-electron chi connectivity index (χ3n) is 3.66. The second-order valence-corrected chi connectivity index (χ2v) is 5.43. The van der Waals surface area contributed by atoms with E-state index in [2.05, 4.69) is 29.4 Å². The molecule has 1 heterocycles. The van der Waals surface area contributed by atoms with Crippen molar-refractivity contribution in [1.29, 1.82) is 0 Å². The molecule has 0 N–H and O–H groups in total. The number of rotatable bonds is 5. The molecule has 0 saturated carbocycles. The summed E-state index contributed by atoms with van der Waals surface area (Å²) in [4.78, 5) is 4.90. The lowest BCUT2D eigenvalue weighted by Gasteiger charge is -2.34. The van der Waals surface area contributed by atoms with Crippen LogP contribution >= 0.6 is 0 Å². The summed E-state index contributed by atoms with van der Waals surface area (Å²) in [6.45, 7) is 12.1. The fourth-order valence-corrected chi connectivity index (χ4v) is 2.56. The maximum absolute atomic E-state index is 12.9. The summed E-state index contributed by atoms with van der Waals surface area (Å²) in [6, 6.07) is 6.82. The molecule has 0 spiro atoms. The van der Waals surface area contributed by atoms with Gasteiger partial charge in [-0.25, -0.2) is 4.39 Å². The van der Waals surface area contributed by atoms with Crippen LogP contribution in [0.25, 0.3) is 0 Å². The second kappa shape index (κ2) is 7.36. The number of benzene rings is 1. The van der Waals surface area contributed by atoms with Gasteiger partial charge in [0.15, 0.2) is 0 Å². The van der Waals surface area contributed by atoms with Crippen molar-refractivity contribution in [2.24, 2.45) is 0 Å². The van der Waals surface area contributed by atoms with E-state index in [-0.39, 0.29) is 5.82 Å². The summed E-state index contributed by atoms with van der Waals surface area (Å²) in [5.74, 6) is -0.164. The van der Waals surface area contributed by atoms with Crippen molar-refractivity contribution in [2.45, 2.75) is 13.5 Å². The largest absolute Gasteiger partial charge is 0.297 e. The molecule has 1 fully saturated rings. The van der Waals surface area contributed by atoms with E-state index < -0.39 is 0 Å². The first-order valence-electron chi connectivity index (χ1n) is 7.15. The molecule has 0 aromatic heterocycles. The van der Waals surface area contributed by atoms with E-state index in [4.69, 9.17) is 0 Å². The minimum Gasteiger partial charge on any atom is -0.297 e. The Bertz CT molecular complexity index is 456. The standard InChI is InChI=1S/C17H23FN2/c1-3-4-15(2)13-19-9-11-20(12-10-19)14-16-5-7-17(18)8-6-16/h3-8H,1,9-14H2,2H3/b15-4+. The predicted octanol–water partition coefficient (Wildman–Crippen LogP) is 3.08. The molecule has 2 rings (SSSR count). The SMILES string of the molecule is C=C/C=C(\C)CN1CCN(Cc2ccc(F)cc2)CC1. The van der Waals surface area contributed by atoms with Crippen molar-refractivity contribution in [3.63, 3.8) is 0 Å². The van der Waals surface area contributed by atoms with Crippen LogP contribution in [0.5, 0.6) is 0 Å². The van der Waals surface area contributed by atoms with E-state index in [1.54, 1.807) is 0 Å². The zero-order chi connectivity index (χ0) is 14.4. The molecule has 0 amide bonds. The second-order valence-electron chi connectivity index (χ2n) is 5.43. The summed E-state index contributed by atoms with van der Waals surface area (Å²) in [5, 5.41) is 0. The van der Waals surface area contributed by atoms with Crippen LogP contribution in [0.4, 0.5) is 4.39 Å². The van der Waals surface area contributed by atoms with Gasteiger partial charge in [0.05, 0.1) is 0 Å². The summed E-state index contributed by atoms with van der Waals surface area (Å²) in [7, 11) is 0. The molecule has 1 aromatic rings. The van der Waals surface area contributed by atoms with E-state index in [0.717, 1.165) is 39.3 Å². The van der Waals surface area contributed by atoms with Crippen molar-refractivity contribution >= 4 is 0 Å². The summed E-state index contributed by atoms with van der Waals surface area (Å²) >= 11 is 0. The van der Waals surface area contributed by atoms with Crippen LogP contribution in [0.2, 0.25) is 0 Å². The van der Waals surface area contributed by atoms with Gasteiger partial charge in [0.2, 0.25) is 0 Å². The van der Waals surface area contributed by atoms with Gasteiger partial charge in [-0.15, -0.1) is 0 Å². The van der Waals surface area contributed by atoms with Gasteiger partial charge in [-0.3, -0.25) is 9.80 Å². The normalized spacial score (nSPS) is 18.2. The van der Waals surface area contributed by atoms with E-state index in [0.29, 0.717) is 0 Å². The Hall–Kier alpha value is -1.45. The lowest BCUT2D eigenvalue weighted by Crippen LogP contribution is -2.46. The van der Waals surface area contributed by atoms with Crippen LogP contribution in [-0.2, 0) is 6.54 Å². The molecule has 0 atom stereocenters. The van der Waals surface area contributed by atoms with Crippen LogP contribution in [0.15, 0.2) is 48.6 Å². The number of hydrogen-bond donors (Lipinski definition) is 0. The summed E-state index contributed by atoms with van der Waals surface area (Å²) in [6.07, 6.45) is 3.92. The van der Waals surface area contributed by atoms with Crippen LogP contribution in [0.1, 0.15) is 12.5 Å². The van der Waals surface area contributed by atoms with E-state index in [1.165, 1.54) is 23.3 Å². The van der Waals surface area contributed by atoms with Gasteiger partial charge in [0.25, 0.3) is 0 Å². The first kappa shape index (κ1) is 14.9. The molecule has 1 aromatic carbocycles. The lowest BCUT2D eigenvalue weighted by atomic mass is 10.2. The Kier molecular flexibility index (Phi) is 5.50. The van der Waals surface area contributed by atoms with Gasteiger partial charge in [0, 0.05) is 39.3 Å². The highest BCUT2D eigenvalue weighted by Gasteiger charge is 2.16. The summed E-state index contributed by atoms with van der Waals surface area (Å²) < 4.78 is 12.9. The molecule has 1 aliphatic heterocycles. The molecule has 1 saturated heterocycles. The van der Waals surface area contributed by atoms with E-state index >= 15 is 0 Å². The molecule has 20 heavy (non-hydrogen) atoms. The van der Waals surface area contributed by atoms with Crippen molar-refractivity contribution in [3.05, 3.63) is 60.0 Å². The van der Waals surface area contributed by atoms with Crippen LogP contribution < -0.4 is 0 Å². The van der Waals surface area contributed by atoms with Gasteiger partial charge in [-0.05, 0) is 24.6 Å². The van der Waals surface area contributed by atoms with Gasteiger partial charge in [0.1, 0.15) is 5.82 Å². The fraction of sp³-hybridized carbons (Fsp3) is 0.412. The average molecular weight is 274 g/mol. The monoisotopic (exact) mass is 274 g/mol. The number of hydrogen-bond acceptors (Lipinski definition) is 2. The van der Waals surface area contributed by atoms with Gasteiger partial charge >= 0.3 is 0 Å². The maximum atomic E-state index is 12.9. The Balaban J connectivity index is 1.78. The predicted molar refractivity (Wildman–Crippen MR) is 82.1 cm³/mol. The topological polar surface area (TPSA) is 6.48 Å². The Morgan fingerprint density at radius 3 is 2.35 bits per heavy atom. The number of nitrogens with zero attached hydrogens (tertiary/aromatic N) is 2. The first-order valence-corrected chi connectivity index (χ1v) is 7.15. The molecule has 108 valence electrons. The smallest absolute Gasteiger partial charge is 0.123 e. The first-order chi connectivity index (χ1) is 9.67.